The van der Waals surface area contributed by atoms with Crippen LogP contribution in [0.25, 0.3) is 17.0 Å². The lowest BCUT2D eigenvalue weighted by molar-refractivity contribution is 0.0993. The van der Waals surface area contributed by atoms with Crippen LogP contribution in [0.3, 0.4) is 0 Å². The zero-order valence-corrected chi connectivity index (χ0v) is 16.8. The molecule has 0 atom stereocenters. The van der Waals surface area contributed by atoms with Crippen molar-refractivity contribution in [3.05, 3.63) is 65.0 Å². The molecule has 11 nitrogen and oxygen atoms in total. The van der Waals surface area contributed by atoms with E-state index in [-0.39, 0.29) is 5.69 Å². The summed E-state index contributed by atoms with van der Waals surface area (Å²) < 4.78 is 6.92. The molecule has 0 saturated carbocycles. The van der Waals surface area contributed by atoms with Gasteiger partial charge >= 0.3 is 7.12 Å². The third-order valence-electron chi connectivity index (χ3n) is 5.19. The molecule has 0 unspecified atom stereocenters. The van der Waals surface area contributed by atoms with Gasteiger partial charge in [0, 0.05) is 12.1 Å². The van der Waals surface area contributed by atoms with E-state index in [1.165, 1.54) is 4.52 Å². The zero-order chi connectivity index (χ0) is 22.2. The predicted octanol–water partition coefficient (Wildman–Crippen LogP) is -0.393. The number of nitrogens with two attached hydrogens (primary N) is 1. The summed E-state index contributed by atoms with van der Waals surface area (Å²) in [4.78, 5) is 20.9. The molecule has 32 heavy (non-hydrogen) atoms. The first-order chi connectivity index (χ1) is 15.5. The molecule has 3 aromatic heterocycles. The molecule has 1 amide bonds. The highest BCUT2D eigenvalue weighted by Gasteiger charge is 2.23. The van der Waals surface area contributed by atoms with Gasteiger partial charge in [0.2, 0.25) is 0 Å². The summed E-state index contributed by atoms with van der Waals surface area (Å²) >= 11 is 0. The average Bonchev–Trinajstić information content (AvgIpc) is 3.44. The topological polar surface area (TPSA) is 161 Å². The molecule has 5 N–H and O–H groups in total. The first kappa shape index (κ1) is 20.1. The van der Waals surface area contributed by atoms with Gasteiger partial charge in [-0.3, -0.25) is 4.79 Å². The molecule has 0 saturated heterocycles. The zero-order valence-electron chi connectivity index (χ0n) is 16.8. The molecule has 12 heteroatoms. The van der Waals surface area contributed by atoms with E-state index < -0.39 is 13.0 Å². The molecular formula is C20H18BN7O4. The molecule has 4 aromatic rings. The minimum Gasteiger partial charge on any atom is -0.423 e. The van der Waals surface area contributed by atoms with E-state index in [1.807, 2.05) is 6.07 Å². The van der Waals surface area contributed by atoms with Gasteiger partial charge in [-0.05, 0) is 23.2 Å². The maximum absolute atomic E-state index is 11.7. The van der Waals surface area contributed by atoms with Gasteiger partial charge < -0.3 is 25.8 Å². The number of nitrogens with zero attached hydrogens (tertiary/aromatic N) is 5. The van der Waals surface area contributed by atoms with Crippen LogP contribution in [0.2, 0.25) is 0 Å². The number of fused-ring (bicyclic) bond motifs is 2. The summed E-state index contributed by atoms with van der Waals surface area (Å²) in [6.07, 6.45) is 0. The molecule has 0 spiro atoms. The van der Waals surface area contributed by atoms with Gasteiger partial charge in [-0.25, -0.2) is 14.5 Å². The Morgan fingerprint density at radius 2 is 2.03 bits per heavy atom. The highest BCUT2D eigenvalue weighted by atomic mass is 16.5. The fourth-order valence-corrected chi connectivity index (χ4v) is 3.62. The van der Waals surface area contributed by atoms with Crippen molar-refractivity contribution >= 4 is 29.8 Å². The molecule has 5 rings (SSSR count). The first-order valence-corrected chi connectivity index (χ1v) is 9.82. The summed E-state index contributed by atoms with van der Waals surface area (Å²) in [5.74, 6) is 0.311. The molecule has 0 aliphatic carbocycles. The number of amides is 1. The maximum Gasteiger partial charge on any atom is 0.488 e. The van der Waals surface area contributed by atoms with Crippen molar-refractivity contribution in [2.45, 2.75) is 19.8 Å². The van der Waals surface area contributed by atoms with Crippen LogP contribution in [0.5, 0.6) is 0 Å². The highest BCUT2D eigenvalue weighted by Crippen LogP contribution is 2.29. The van der Waals surface area contributed by atoms with E-state index in [4.69, 9.17) is 10.5 Å². The van der Waals surface area contributed by atoms with Crippen LogP contribution in [-0.2, 0) is 24.5 Å². The van der Waals surface area contributed by atoms with Gasteiger partial charge in [0.25, 0.3) is 5.91 Å². The minimum atomic E-state index is -1.54. The van der Waals surface area contributed by atoms with Gasteiger partial charge in [0.15, 0.2) is 11.5 Å². The Labute approximate surface area is 182 Å². The summed E-state index contributed by atoms with van der Waals surface area (Å²) in [6.45, 7) is 1.12. The molecule has 160 valence electrons. The largest absolute Gasteiger partial charge is 0.488 e. The Morgan fingerprint density at radius 3 is 2.84 bits per heavy atom. The Morgan fingerprint density at radius 1 is 1.19 bits per heavy atom. The summed E-state index contributed by atoms with van der Waals surface area (Å²) in [5, 5.41) is 30.3. The lowest BCUT2D eigenvalue weighted by Crippen LogP contribution is -2.30. The number of pyridine rings is 1. The second kappa shape index (κ2) is 8.00. The van der Waals surface area contributed by atoms with Gasteiger partial charge in [0.1, 0.15) is 11.5 Å². The predicted molar refractivity (Wildman–Crippen MR) is 115 cm³/mol. The van der Waals surface area contributed by atoms with Crippen LogP contribution in [-0.4, -0.2) is 47.9 Å². The van der Waals surface area contributed by atoms with E-state index in [0.717, 1.165) is 16.8 Å². The number of hydrogen-bond donors (Lipinski definition) is 4. The fourth-order valence-electron chi connectivity index (χ4n) is 3.62. The quantitative estimate of drug-likeness (QED) is 0.298. The number of anilines is 1. The molecule has 0 bridgehead atoms. The third kappa shape index (κ3) is 3.56. The van der Waals surface area contributed by atoms with Crippen LogP contribution in [0.1, 0.15) is 27.3 Å². The number of hydrogen-bond acceptors (Lipinski definition) is 9. The SMILES string of the molecule is NC(=O)c1cccc2c(-c3nc4c(c(NCc5cccc(B(O)O)c5)n3)COC4)nnn12. The van der Waals surface area contributed by atoms with E-state index in [9.17, 15) is 14.8 Å². The molecular weight excluding hydrogens is 413 g/mol. The maximum atomic E-state index is 11.7. The average molecular weight is 431 g/mol. The molecule has 0 radical (unpaired) electrons. The minimum absolute atomic E-state index is 0.204. The second-order valence-electron chi connectivity index (χ2n) is 7.30. The lowest BCUT2D eigenvalue weighted by atomic mass is 9.80. The van der Waals surface area contributed by atoms with Crippen molar-refractivity contribution < 1.29 is 19.6 Å². The van der Waals surface area contributed by atoms with E-state index in [1.54, 1.807) is 36.4 Å². The van der Waals surface area contributed by atoms with E-state index in [2.05, 4.69) is 25.6 Å². The van der Waals surface area contributed by atoms with Gasteiger partial charge in [-0.1, -0.05) is 35.5 Å². The number of nitrogens with one attached hydrogen (secondary N) is 1. The highest BCUT2D eigenvalue weighted by molar-refractivity contribution is 6.58. The number of ether oxygens (including phenoxy) is 1. The first-order valence-electron chi connectivity index (χ1n) is 9.82. The molecule has 1 aliphatic heterocycles. The Hall–Kier alpha value is -3.87. The Kier molecular flexibility index (Phi) is 5.01. The fraction of sp³-hybridized carbons (Fsp3) is 0.150. The standard InChI is InChI=1S/C20H18BN7O4/c22-18(29)16-6-2-5-15-17(26-27-28(15)16)20-24-14-10-32-9-13(14)19(25-20)23-8-11-3-1-4-12(7-11)21(30)31/h1-7,30-31H,8-10H2,(H2,22,29)(H,23,24,25). The number of benzene rings is 1. The van der Waals surface area contributed by atoms with Crippen molar-refractivity contribution in [3.63, 3.8) is 0 Å². The normalized spacial score (nSPS) is 12.7. The number of aromatic nitrogens is 5. The van der Waals surface area contributed by atoms with Gasteiger partial charge in [0.05, 0.1) is 24.4 Å². The van der Waals surface area contributed by atoms with Crippen LogP contribution in [0.15, 0.2) is 42.5 Å². The summed E-state index contributed by atoms with van der Waals surface area (Å²) in [7, 11) is -1.54. The Balaban J connectivity index is 1.52. The van der Waals surface area contributed by atoms with Crippen molar-refractivity contribution in [1.82, 2.24) is 24.8 Å². The number of primary amides is 1. The Bertz CT molecular complexity index is 1340. The van der Waals surface area contributed by atoms with E-state index >= 15 is 0 Å². The molecule has 4 heterocycles. The van der Waals surface area contributed by atoms with Crippen LogP contribution in [0, 0.1) is 0 Å². The number of carbonyl (C=O) groups is 1. The molecule has 1 aliphatic rings. The molecule has 0 fully saturated rings. The van der Waals surface area contributed by atoms with Crippen molar-refractivity contribution in [2.75, 3.05) is 5.32 Å². The van der Waals surface area contributed by atoms with Gasteiger partial charge in [-0.2, -0.15) is 0 Å². The third-order valence-corrected chi connectivity index (χ3v) is 5.19. The monoisotopic (exact) mass is 431 g/mol. The number of carbonyl (C=O) groups excluding carboxylic acids is 1. The van der Waals surface area contributed by atoms with E-state index in [0.29, 0.717) is 48.1 Å². The van der Waals surface area contributed by atoms with Crippen molar-refractivity contribution in [1.29, 1.82) is 0 Å². The summed E-state index contributed by atoms with van der Waals surface area (Å²) in [6, 6.07) is 12.0. The second-order valence-corrected chi connectivity index (χ2v) is 7.30. The van der Waals surface area contributed by atoms with Crippen LogP contribution < -0.4 is 16.5 Å². The van der Waals surface area contributed by atoms with Crippen molar-refractivity contribution in [2.24, 2.45) is 5.73 Å². The lowest BCUT2D eigenvalue weighted by Gasteiger charge is -2.11. The van der Waals surface area contributed by atoms with Gasteiger partial charge in [-0.15, -0.1) is 5.10 Å². The smallest absolute Gasteiger partial charge is 0.423 e. The number of rotatable bonds is 6. The van der Waals surface area contributed by atoms with Crippen LogP contribution in [0.4, 0.5) is 5.82 Å². The van der Waals surface area contributed by atoms with Crippen molar-refractivity contribution in [3.8, 4) is 11.5 Å². The summed E-state index contributed by atoms with van der Waals surface area (Å²) in [5.41, 5.74) is 9.45. The molecule has 1 aromatic carbocycles. The van der Waals surface area contributed by atoms with Crippen LogP contribution >= 0.6 is 0 Å².